The van der Waals surface area contributed by atoms with E-state index < -0.39 is 0 Å². The van der Waals surface area contributed by atoms with Crippen LogP contribution in [0.3, 0.4) is 0 Å². The van der Waals surface area contributed by atoms with Crippen LogP contribution < -0.4 is 0 Å². The van der Waals surface area contributed by atoms with Crippen molar-refractivity contribution in [3.8, 4) is 0 Å². The monoisotopic (exact) mass is 272 g/mol. The second kappa shape index (κ2) is 6.33. The van der Waals surface area contributed by atoms with Gasteiger partial charge >= 0.3 is 0 Å². The van der Waals surface area contributed by atoms with Gasteiger partial charge in [0, 0.05) is 0 Å². The molecule has 0 N–H and O–H groups in total. The average Bonchev–Trinajstić information content (AvgIpc) is 2.41. The van der Waals surface area contributed by atoms with E-state index in [0.29, 0.717) is 5.41 Å². The second-order valence-corrected chi connectivity index (χ2v) is 7.43. The van der Waals surface area contributed by atoms with Gasteiger partial charge in [-0.25, -0.2) is 0 Å². The maximum atomic E-state index is 2.52. The molecule has 0 saturated carbocycles. The van der Waals surface area contributed by atoms with Crippen molar-refractivity contribution < 1.29 is 0 Å². The Hall–Kier alpha value is -0.780. The van der Waals surface area contributed by atoms with Gasteiger partial charge in [0.2, 0.25) is 0 Å². The fourth-order valence-corrected chi connectivity index (χ4v) is 3.86. The Morgan fingerprint density at radius 1 is 1.00 bits per heavy atom. The summed E-state index contributed by atoms with van der Waals surface area (Å²) < 4.78 is 0. The van der Waals surface area contributed by atoms with E-state index in [0.717, 1.165) is 5.92 Å². The smallest absolute Gasteiger partial charge is 0.00876 e. The minimum Gasteiger partial charge on any atom is -0.0853 e. The standard InChI is InChI=1S/C20H32/c1-15-7-6-8-16(2)13-14-20(5)17(3)10-12-19(11-9-15)18(20)4/h8-9,17H,6-7,10-14H2,1-5H3/b15-9+,16-8+/t17-,20+/m1/s1. The van der Waals surface area contributed by atoms with Crippen molar-refractivity contribution in [1.29, 1.82) is 0 Å². The fraction of sp³-hybridized carbons (Fsp3) is 0.700. The molecule has 0 saturated heterocycles. The average molecular weight is 272 g/mol. The normalized spacial score (nSPS) is 38.1. The lowest BCUT2D eigenvalue weighted by Crippen LogP contribution is -2.31. The maximum Gasteiger partial charge on any atom is -0.00876 e. The molecule has 0 heteroatoms. The van der Waals surface area contributed by atoms with Crippen LogP contribution in [0.5, 0.6) is 0 Å². The number of hydrogen-bond acceptors (Lipinski definition) is 0. The number of allylic oxidation sites excluding steroid dienone is 6. The first-order valence-corrected chi connectivity index (χ1v) is 8.44. The Balaban J connectivity index is 2.36. The highest BCUT2D eigenvalue weighted by atomic mass is 14.4. The number of hydrogen-bond donors (Lipinski definition) is 0. The number of fused-ring (bicyclic) bond motifs is 1. The summed E-state index contributed by atoms with van der Waals surface area (Å²) in [6.45, 7) is 12.0. The summed E-state index contributed by atoms with van der Waals surface area (Å²) in [6.07, 6.45) is 13.9. The van der Waals surface area contributed by atoms with Crippen LogP contribution >= 0.6 is 0 Å². The number of rotatable bonds is 0. The molecule has 0 aromatic heterocycles. The molecular weight excluding hydrogens is 240 g/mol. The van der Waals surface area contributed by atoms with Gasteiger partial charge in [-0.1, -0.05) is 48.3 Å². The Kier molecular flexibility index (Phi) is 4.94. The Morgan fingerprint density at radius 3 is 2.45 bits per heavy atom. The second-order valence-electron chi connectivity index (χ2n) is 7.43. The minimum absolute atomic E-state index is 0.420. The Labute approximate surface area is 126 Å². The molecule has 0 amide bonds. The quantitative estimate of drug-likeness (QED) is 0.436. The Morgan fingerprint density at radius 2 is 1.70 bits per heavy atom. The van der Waals surface area contributed by atoms with Crippen LogP contribution in [0.25, 0.3) is 0 Å². The van der Waals surface area contributed by atoms with Crippen molar-refractivity contribution in [3.63, 3.8) is 0 Å². The third-order valence-corrected chi connectivity index (χ3v) is 6.12. The fourth-order valence-electron chi connectivity index (χ4n) is 3.86. The van der Waals surface area contributed by atoms with Crippen molar-refractivity contribution in [2.24, 2.45) is 11.3 Å². The topological polar surface area (TPSA) is 0 Å². The van der Waals surface area contributed by atoms with E-state index in [1.54, 1.807) is 22.3 Å². The molecule has 0 aromatic carbocycles. The highest BCUT2D eigenvalue weighted by Gasteiger charge is 2.36. The first-order chi connectivity index (χ1) is 9.43. The van der Waals surface area contributed by atoms with E-state index in [1.807, 2.05) is 0 Å². The summed E-state index contributed by atoms with van der Waals surface area (Å²) in [5, 5.41) is 0. The zero-order chi connectivity index (χ0) is 14.8. The zero-order valence-electron chi connectivity index (χ0n) is 14.2. The van der Waals surface area contributed by atoms with Gasteiger partial charge in [0.1, 0.15) is 0 Å². The molecule has 112 valence electrons. The van der Waals surface area contributed by atoms with Gasteiger partial charge < -0.3 is 0 Å². The van der Waals surface area contributed by atoms with E-state index in [-0.39, 0.29) is 0 Å². The molecule has 0 nitrogen and oxygen atoms in total. The third kappa shape index (κ3) is 3.27. The summed E-state index contributed by atoms with van der Waals surface area (Å²) in [7, 11) is 0. The van der Waals surface area contributed by atoms with Crippen LogP contribution in [0.15, 0.2) is 34.4 Å². The third-order valence-electron chi connectivity index (χ3n) is 6.12. The van der Waals surface area contributed by atoms with Gasteiger partial charge in [-0.15, -0.1) is 0 Å². The molecule has 0 aliphatic heterocycles. The molecule has 2 atom stereocenters. The van der Waals surface area contributed by atoms with Crippen LogP contribution in [0.1, 0.15) is 79.6 Å². The first kappa shape index (κ1) is 15.6. The lowest BCUT2D eigenvalue weighted by Gasteiger charge is -2.43. The summed E-state index contributed by atoms with van der Waals surface area (Å²) in [5.41, 5.74) is 7.01. The Bertz CT molecular complexity index is 447. The molecule has 0 unspecified atom stereocenters. The molecule has 2 rings (SSSR count). The van der Waals surface area contributed by atoms with Crippen LogP contribution in [-0.4, -0.2) is 0 Å². The molecule has 0 fully saturated rings. The van der Waals surface area contributed by atoms with Crippen molar-refractivity contribution >= 4 is 0 Å². The predicted octanol–water partition coefficient (Wildman–Crippen LogP) is 6.60. The van der Waals surface area contributed by atoms with E-state index in [9.17, 15) is 0 Å². The van der Waals surface area contributed by atoms with Gasteiger partial charge in [-0.05, 0) is 77.0 Å². The van der Waals surface area contributed by atoms with Gasteiger partial charge in [0.15, 0.2) is 0 Å². The summed E-state index contributed by atoms with van der Waals surface area (Å²) in [5.74, 6) is 0.826. The van der Waals surface area contributed by atoms with Crippen LogP contribution in [0.4, 0.5) is 0 Å². The molecule has 0 aromatic rings. The SMILES string of the molecule is CC1=C2C/C=C(\C)CC/C=C(\C)CC[C@@]1(C)[C@H](C)CC2. The van der Waals surface area contributed by atoms with Crippen molar-refractivity contribution in [2.45, 2.75) is 79.6 Å². The minimum atomic E-state index is 0.420. The molecule has 2 aliphatic rings. The van der Waals surface area contributed by atoms with Gasteiger partial charge in [-0.2, -0.15) is 0 Å². The van der Waals surface area contributed by atoms with Gasteiger partial charge in [0.25, 0.3) is 0 Å². The molecular formula is C20H32. The highest BCUT2D eigenvalue weighted by molar-refractivity contribution is 5.27. The van der Waals surface area contributed by atoms with E-state index >= 15 is 0 Å². The molecule has 0 radical (unpaired) electrons. The molecule has 20 heavy (non-hydrogen) atoms. The largest absolute Gasteiger partial charge is 0.0853 e. The summed E-state index contributed by atoms with van der Waals surface area (Å²) in [4.78, 5) is 0. The van der Waals surface area contributed by atoms with E-state index in [1.165, 1.54) is 44.9 Å². The van der Waals surface area contributed by atoms with Crippen LogP contribution in [0, 0.1) is 11.3 Å². The summed E-state index contributed by atoms with van der Waals surface area (Å²) in [6, 6.07) is 0. The van der Waals surface area contributed by atoms with E-state index in [4.69, 9.17) is 0 Å². The first-order valence-electron chi connectivity index (χ1n) is 8.44. The lowest BCUT2D eigenvalue weighted by atomic mass is 9.62. The molecule has 2 bridgehead atoms. The molecule has 2 aliphatic carbocycles. The van der Waals surface area contributed by atoms with Crippen molar-refractivity contribution in [2.75, 3.05) is 0 Å². The van der Waals surface area contributed by atoms with Gasteiger partial charge in [0.05, 0.1) is 0 Å². The highest BCUT2D eigenvalue weighted by Crippen LogP contribution is 2.49. The van der Waals surface area contributed by atoms with Crippen LogP contribution in [-0.2, 0) is 0 Å². The lowest BCUT2D eigenvalue weighted by molar-refractivity contribution is 0.205. The zero-order valence-corrected chi connectivity index (χ0v) is 14.2. The van der Waals surface area contributed by atoms with Crippen molar-refractivity contribution in [3.05, 3.63) is 34.4 Å². The predicted molar refractivity (Wildman–Crippen MR) is 89.8 cm³/mol. The summed E-state index contributed by atoms with van der Waals surface area (Å²) >= 11 is 0. The van der Waals surface area contributed by atoms with Gasteiger partial charge in [-0.3, -0.25) is 0 Å². The molecule has 0 spiro atoms. The van der Waals surface area contributed by atoms with Crippen LogP contribution in [0.2, 0.25) is 0 Å². The van der Waals surface area contributed by atoms with E-state index in [2.05, 4.69) is 46.8 Å². The maximum absolute atomic E-state index is 2.52. The van der Waals surface area contributed by atoms with Crippen molar-refractivity contribution in [1.82, 2.24) is 0 Å². The molecule has 0 heterocycles.